The van der Waals surface area contributed by atoms with Gasteiger partial charge in [0.05, 0.1) is 4.92 Å². The van der Waals surface area contributed by atoms with Crippen molar-refractivity contribution in [1.82, 2.24) is 0 Å². The number of alkyl halides is 3. The Balaban J connectivity index is 0.00000289. The zero-order valence-electron chi connectivity index (χ0n) is 9.18. The van der Waals surface area contributed by atoms with Crippen molar-refractivity contribution in [2.75, 3.05) is 0 Å². The Morgan fingerprint density at radius 1 is 1.28 bits per heavy atom. The average molecular weight is 285 g/mol. The van der Waals surface area contributed by atoms with E-state index in [2.05, 4.69) is 0 Å². The number of aryl methyl sites for hydroxylation is 1. The van der Waals surface area contributed by atoms with E-state index in [1.165, 1.54) is 24.3 Å². The molecule has 2 N–H and O–H groups in total. The van der Waals surface area contributed by atoms with Gasteiger partial charge in [-0.2, -0.15) is 13.2 Å². The van der Waals surface area contributed by atoms with Crippen LogP contribution < -0.4 is 5.73 Å². The molecule has 0 aliphatic rings. The van der Waals surface area contributed by atoms with E-state index in [9.17, 15) is 23.3 Å². The number of nitrogens with two attached hydrogens (primary N) is 1. The molecule has 0 aromatic heterocycles. The van der Waals surface area contributed by atoms with Gasteiger partial charge in [-0.25, -0.2) is 0 Å². The second-order valence-electron chi connectivity index (χ2n) is 3.61. The normalized spacial score (nSPS) is 12.7. The van der Waals surface area contributed by atoms with Crippen LogP contribution in [0.3, 0.4) is 0 Å². The van der Waals surface area contributed by atoms with Crippen LogP contribution in [0.1, 0.15) is 12.0 Å². The Kier molecular flexibility index (Phi) is 6.07. The predicted molar refractivity (Wildman–Crippen MR) is 62.7 cm³/mol. The molecule has 1 aromatic rings. The van der Waals surface area contributed by atoms with Crippen molar-refractivity contribution < 1.29 is 18.1 Å². The third-order valence-corrected chi connectivity index (χ3v) is 2.31. The first-order valence-corrected chi connectivity index (χ1v) is 4.86. The first-order valence-electron chi connectivity index (χ1n) is 4.86. The predicted octanol–water partition coefficient (Wildman–Crippen LogP) is 2.84. The van der Waals surface area contributed by atoms with Gasteiger partial charge in [0.2, 0.25) is 0 Å². The molecule has 4 nitrogen and oxygen atoms in total. The summed E-state index contributed by atoms with van der Waals surface area (Å²) in [7, 11) is 0. The summed E-state index contributed by atoms with van der Waals surface area (Å²) in [5, 5.41) is 10.3. The van der Waals surface area contributed by atoms with Crippen LogP contribution in [0.15, 0.2) is 24.3 Å². The van der Waals surface area contributed by atoms with Gasteiger partial charge >= 0.3 is 6.18 Å². The lowest BCUT2D eigenvalue weighted by Gasteiger charge is -2.14. The second kappa shape index (κ2) is 6.55. The molecule has 1 rings (SSSR count). The molecule has 0 heterocycles. The van der Waals surface area contributed by atoms with Crippen LogP contribution in [0.2, 0.25) is 0 Å². The van der Waals surface area contributed by atoms with Gasteiger partial charge in [0.25, 0.3) is 5.69 Å². The van der Waals surface area contributed by atoms with Gasteiger partial charge in [-0.3, -0.25) is 10.1 Å². The largest absolute Gasteiger partial charge is 0.403 e. The number of nitro benzene ring substituents is 1. The molecule has 1 unspecified atom stereocenters. The zero-order chi connectivity index (χ0) is 13.1. The minimum absolute atomic E-state index is 0. The van der Waals surface area contributed by atoms with Crippen molar-refractivity contribution in [3.63, 3.8) is 0 Å². The van der Waals surface area contributed by atoms with E-state index in [1.807, 2.05) is 0 Å². The maximum atomic E-state index is 12.1. The van der Waals surface area contributed by atoms with Crippen molar-refractivity contribution in [2.24, 2.45) is 5.73 Å². The molecule has 0 spiro atoms. The lowest BCUT2D eigenvalue weighted by molar-refractivity contribution is -0.384. The molecule has 0 fully saturated rings. The smallest absolute Gasteiger partial charge is 0.320 e. The summed E-state index contributed by atoms with van der Waals surface area (Å²) in [6.07, 6.45) is -4.50. The number of hydrogen-bond donors (Lipinski definition) is 1. The van der Waals surface area contributed by atoms with Crippen molar-refractivity contribution in [2.45, 2.75) is 25.1 Å². The second-order valence-corrected chi connectivity index (χ2v) is 3.61. The quantitative estimate of drug-likeness (QED) is 0.683. The Morgan fingerprint density at radius 3 is 2.17 bits per heavy atom. The maximum absolute atomic E-state index is 12.1. The number of rotatable bonds is 4. The molecule has 0 aliphatic carbocycles. The molecule has 0 saturated heterocycles. The van der Waals surface area contributed by atoms with E-state index >= 15 is 0 Å². The highest BCUT2D eigenvalue weighted by Gasteiger charge is 2.35. The monoisotopic (exact) mass is 284 g/mol. The molecule has 1 atom stereocenters. The Bertz CT molecular complexity index is 395. The fourth-order valence-electron chi connectivity index (χ4n) is 1.27. The summed E-state index contributed by atoms with van der Waals surface area (Å²) in [6.45, 7) is 0. The molecular formula is C10H12ClF3N2O2. The third kappa shape index (κ3) is 4.89. The van der Waals surface area contributed by atoms with E-state index < -0.39 is 17.1 Å². The highest BCUT2D eigenvalue weighted by Crippen LogP contribution is 2.22. The van der Waals surface area contributed by atoms with Crippen LogP contribution in [0.5, 0.6) is 0 Å². The van der Waals surface area contributed by atoms with Crippen LogP contribution in [-0.2, 0) is 6.42 Å². The first-order chi connectivity index (χ1) is 7.80. The van der Waals surface area contributed by atoms with Gasteiger partial charge < -0.3 is 5.73 Å². The Hall–Kier alpha value is -1.34. The number of halogens is 4. The van der Waals surface area contributed by atoms with Crippen LogP contribution >= 0.6 is 12.4 Å². The van der Waals surface area contributed by atoms with Gasteiger partial charge in [-0.05, 0) is 18.4 Å². The standard InChI is InChI=1S/C10H11F3N2O2.ClH/c11-10(12,13)9(14)6-3-7-1-4-8(5-2-7)15(16)17;/h1-2,4-5,9H,3,6,14H2;1H. The van der Waals surface area contributed by atoms with Crippen LogP contribution in [0.25, 0.3) is 0 Å². The molecule has 0 saturated carbocycles. The van der Waals surface area contributed by atoms with E-state index in [-0.39, 0.29) is 30.9 Å². The molecule has 102 valence electrons. The summed E-state index contributed by atoms with van der Waals surface area (Å²) in [5.74, 6) is 0. The Labute approximate surface area is 108 Å². The van der Waals surface area contributed by atoms with Crippen molar-refractivity contribution >= 4 is 18.1 Å². The maximum Gasteiger partial charge on any atom is 0.403 e. The molecule has 18 heavy (non-hydrogen) atoms. The number of nitro groups is 1. The highest BCUT2D eigenvalue weighted by atomic mass is 35.5. The molecule has 0 amide bonds. The molecule has 0 aliphatic heterocycles. The summed E-state index contributed by atoms with van der Waals surface area (Å²) < 4.78 is 36.3. The van der Waals surface area contributed by atoms with E-state index in [0.29, 0.717) is 5.56 Å². The van der Waals surface area contributed by atoms with Gasteiger partial charge in [-0.1, -0.05) is 12.1 Å². The third-order valence-electron chi connectivity index (χ3n) is 2.31. The van der Waals surface area contributed by atoms with Gasteiger partial charge in [0.15, 0.2) is 0 Å². The minimum atomic E-state index is -4.40. The zero-order valence-corrected chi connectivity index (χ0v) is 10.0. The Morgan fingerprint density at radius 2 is 1.78 bits per heavy atom. The topological polar surface area (TPSA) is 69.2 Å². The average Bonchev–Trinajstić information content (AvgIpc) is 2.25. The number of nitrogens with zero attached hydrogens (tertiary/aromatic N) is 1. The summed E-state index contributed by atoms with van der Waals surface area (Å²) >= 11 is 0. The number of hydrogen-bond acceptors (Lipinski definition) is 3. The van der Waals surface area contributed by atoms with Crippen molar-refractivity contribution in [1.29, 1.82) is 0 Å². The lowest BCUT2D eigenvalue weighted by Crippen LogP contribution is -2.37. The van der Waals surface area contributed by atoms with E-state index in [0.717, 1.165) is 0 Å². The number of benzene rings is 1. The van der Waals surface area contributed by atoms with Crippen molar-refractivity contribution in [3.05, 3.63) is 39.9 Å². The SMILES string of the molecule is Cl.NC(CCc1ccc([N+](=O)[O-])cc1)C(F)(F)F. The summed E-state index contributed by atoms with van der Waals surface area (Å²) in [5.41, 5.74) is 5.45. The fraction of sp³-hybridized carbons (Fsp3) is 0.400. The van der Waals surface area contributed by atoms with Gasteiger partial charge in [0, 0.05) is 12.1 Å². The first kappa shape index (κ1) is 16.7. The highest BCUT2D eigenvalue weighted by molar-refractivity contribution is 5.85. The number of non-ortho nitro benzene ring substituents is 1. The van der Waals surface area contributed by atoms with Crippen molar-refractivity contribution in [3.8, 4) is 0 Å². The van der Waals surface area contributed by atoms with Gasteiger partial charge in [0.1, 0.15) is 6.04 Å². The lowest BCUT2D eigenvalue weighted by atomic mass is 10.1. The van der Waals surface area contributed by atoms with Crippen LogP contribution in [-0.4, -0.2) is 17.1 Å². The van der Waals surface area contributed by atoms with Crippen LogP contribution in [0, 0.1) is 10.1 Å². The van der Waals surface area contributed by atoms with E-state index in [4.69, 9.17) is 5.73 Å². The fourth-order valence-corrected chi connectivity index (χ4v) is 1.27. The summed E-state index contributed by atoms with van der Waals surface area (Å²) in [6, 6.07) is 3.52. The minimum Gasteiger partial charge on any atom is -0.320 e. The molecule has 0 radical (unpaired) electrons. The molecule has 1 aromatic carbocycles. The van der Waals surface area contributed by atoms with Gasteiger partial charge in [-0.15, -0.1) is 12.4 Å². The van der Waals surface area contributed by atoms with E-state index in [1.54, 1.807) is 0 Å². The molecule has 0 bridgehead atoms. The molecular weight excluding hydrogens is 273 g/mol. The molecule has 8 heteroatoms. The van der Waals surface area contributed by atoms with Crippen LogP contribution in [0.4, 0.5) is 18.9 Å². The summed E-state index contributed by atoms with van der Waals surface area (Å²) in [4.78, 5) is 9.78.